The smallest absolute Gasteiger partial charge is 0.270 e. The number of nitrogens with one attached hydrogen (secondary N) is 4. The van der Waals surface area contributed by atoms with E-state index in [2.05, 4.69) is 15.4 Å². The molecule has 2 aromatic rings. The topological polar surface area (TPSA) is 128 Å². The van der Waals surface area contributed by atoms with Crippen LogP contribution >= 0.6 is 0 Å². The van der Waals surface area contributed by atoms with Gasteiger partial charge in [-0.3, -0.25) is 15.0 Å². The highest BCUT2D eigenvalue weighted by atomic mass is 32.2. The largest absolute Gasteiger partial charge is 0.353 e. The monoisotopic (exact) mass is 560 g/mol. The quantitative estimate of drug-likeness (QED) is 0.312. The van der Waals surface area contributed by atoms with Crippen molar-refractivity contribution in [2.24, 2.45) is 11.3 Å². The van der Waals surface area contributed by atoms with E-state index < -0.39 is 33.3 Å². The van der Waals surface area contributed by atoms with E-state index in [0.29, 0.717) is 18.0 Å². The zero-order chi connectivity index (χ0) is 29.2. The van der Waals surface area contributed by atoms with Crippen LogP contribution in [0.1, 0.15) is 57.2 Å². The number of benzene rings is 2. The highest BCUT2D eigenvalue weighted by Gasteiger charge is 2.34. The van der Waals surface area contributed by atoms with Crippen LogP contribution in [0.2, 0.25) is 0 Å². The van der Waals surface area contributed by atoms with Gasteiger partial charge in [0.05, 0.1) is 5.75 Å². The summed E-state index contributed by atoms with van der Waals surface area (Å²) in [6.45, 7) is 9.62. The van der Waals surface area contributed by atoms with Gasteiger partial charge in [-0.15, -0.1) is 0 Å². The molecule has 1 aliphatic rings. The normalized spacial score (nSPS) is 14.0. The number of aryl methyl sites for hydroxylation is 2. The number of rotatable bonds is 11. The summed E-state index contributed by atoms with van der Waals surface area (Å²) in [4.78, 5) is 25.3. The van der Waals surface area contributed by atoms with Crippen molar-refractivity contribution in [3.8, 4) is 0 Å². The Kier molecular flexibility index (Phi) is 11.8. The average Bonchev–Trinajstić information content (AvgIpc) is 3.70. The van der Waals surface area contributed by atoms with Crippen LogP contribution in [-0.4, -0.2) is 50.8 Å². The second-order valence-electron chi connectivity index (χ2n) is 10.8. The molecular weight excluding hydrogens is 519 g/mol. The van der Waals surface area contributed by atoms with E-state index in [1.54, 1.807) is 45.0 Å². The Hall–Kier alpha value is -3.11. The molecule has 0 spiro atoms. The molecule has 0 heterocycles. The minimum atomic E-state index is -3.46. The van der Waals surface area contributed by atoms with E-state index in [9.17, 15) is 22.4 Å². The summed E-state index contributed by atoms with van der Waals surface area (Å²) in [5, 5.41) is 13.4. The van der Waals surface area contributed by atoms with Crippen LogP contribution in [-0.2, 0) is 26.0 Å². The zero-order valence-corrected chi connectivity index (χ0v) is 24.3. The van der Waals surface area contributed by atoms with Gasteiger partial charge < -0.3 is 10.6 Å². The maximum absolute atomic E-state index is 12.7. The van der Waals surface area contributed by atoms with E-state index in [1.165, 1.54) is 17.7 Å². The van der Waals surface area contributed by atoms with Gasteiger partial charge in [-0.2, -0.15) is 0 Å². The minimum absolute atomic E-state index is 0.0590. The van der Waals surface area contributed by atoms with Crippen LogP contribution in [0.4, 0.5) is 4.39 Å². The van der Waals surface area contributed by atoms with E-state index in [1.807, 2.05) is 26.0 Å². The molecule has 0 aromatic heterocycles. The lowest BCUT2D eigenvalue weighted by Crippen LogP contribution is -2.55. The van der Waals surface area contributed by atoms with E-state index in [4.69, 9.17) is 5.41 Å². The lowest BCUT2D eigenvalue weighted by atomic mass is 9.85. The zero-order valence-electron chi connectivity index (χ0n) is 23.4. The maximum Gasteiger partial charge on any atom is 0.270 e. The molecule has 0 radical (unpaired) electrons. The van der Waals surface area contributed by atoms with Gasteiger partial charge in [0.25, 0.3) is 5.91 Å². The SMILES string of the molecule is CCc1ccc(F)cc1.Cc1ccccc1C(=N)C(=O)NC(C(=O)NCCS(=O)(=O)NCC1CC1)C(C)(C)C. The fraction of sp³-hybridized carbons (Fsp3) is 0.483. The molecule has 2 amide bonds. The molecule has 4 N–H and O–H groups in total. The first-order valence-corrected chi connectivity index (χ1v) is 14.8. The molecule has 0 bridgehead atoms. The molecule has 1 aliphatic carbocycles. The molecule has 214 valence electrons. The Morgan fingerprint density at radius 3 is 2.23 bits per heavy atom. The van der Waals surface area contributed by atoms with Crippen molar-refractivity contribution in [3.05, 3.63) is 71.0 Å². The molecule has 8 nitrogen and oxygen atoms in total. The summed E-state index contributed by atoms with van der Waals surface area (Å²) in [7, 11) is -3.46. The van der Waals surface area contributed by atoms with E-state index >= 15 is 0 Å². The summed E-state index contributed by atoms with van der Waals surface area (Å²) in [5.41, 5.74) is 1.61. The molecule has 1 fully saturated rings. The Labute approximate surface area is 231 Å². The summed E-state index contributed by atoms with van der Waals surface area (Å²) in [6, 6.07) is 12.7. The number of carbonyl (C=O) groups is 2. The molecular formula is C29H41FN4O4S. The fourth-order valence-corrected chi connectivity index (χ4v) is 4.63. The van der Waals surface area contributed by atoms with Crippen LogP contribution in [0.5, 0.6) is 0 Å². The number of sulfonamides is 1. The van der Waals surface area contributed by atoms with Crippen LogP contribution in [0, 0.1) is 29.5 Å². The Balaban J connectivity index is 0.000000499. The predicted octanol–water partition coefficient (Wildman–Crippen LogP) is 3.73. The van der Waals surface area contributed by atoms with Crippen molar-refractivity contribution in [2.75, 3.05) is 18.8 Å². The first kappa shape index (κ1) is 32.1. The second kappa shape index (κ2) is 14.3. The molecule has 3 rings (SSSR count). The van der Waals surface area contributed by atoms with Crippen molar-refractivity contribution in [3.63, 3.8) is 0 Å². The standard InChI is InChI=1S/C21H32N4O4S.C8H9F/c1-14-7-5-6-8-16(14)17(22)19(26)25-18(21(2,3)4)20(27)23-11-12-30(28,29)24-13-15-9-10-15;1-2-7-3-5-8(9)6-4-7/h5-8,15,18,22,24H,9-13H2,1-4H3,(H,23,27)(H,25,26);3-6H,2H2,1H3. The molecule has 1 atom stereocenters. The summed E-state index contributed by atoms with van der Waals surface area (Å²) >= 11 is 0. The number of hydrogen-bond acceptors (Lipinski definition) is 5. The van der Waals surface area contributed by atoms with Crippen LogP contribution < -0.4 is 15.4 Å². The van der Waals surface area contributed by atoms with Crippen molar-refractivity contribution in [1.29, 1.82) is 5.41 Å². The lowest BCUT2D eigenvalue weighted by Gasteiger charge is -2.30. The van der Waals surface area contributed by atoms with Gasteiger partial charge in [-0.25, -0.2) is 17.5 Å². The number of carbonyl (C=O) groups excluding carboxylic acids is 2. The third-order valence-electron chi connectivity index (χ3n) is 6.33. The Morgan fingerprint density at radius 2 is 1.69 bits per heavy atom. The third-order valence-corrected chi connectivity index (χ3v) is 7.67. The van der Waals surface area contributed by atoms with E-state index in [-0.39, 0.29) is 23.8 Å². The summed E-state index contributed by atoms with van der Waals surface area (Å²) < 4.78 is 38.8. The Morgan fingerprint density at radius 1 is 1.08 bits per heavy atom. The second-order valence-corrected chi connectivity index (χ2v) is 12.8. The Bertz CT molecular complexity index is 1240. The maximum atomic E-state index is 12.7. The molecule has 0 saturated heterocycles. The third kappa shape index (κ3) is 11.3. The minimum Gasteiger partial charge on any atom is -0.353 e. The van der Waals surface area contributed by atoms with E-state index in [0.717, 1.165) is 24.8 Å². The molecule has 2 aromatic carbocycles. The van der Waals surface area contributed by atoms with Gasteiger partial charge >= 0.3 is 0 Å². The first-order chi connectivity index (χ1) is 18.2. The van der Waals surface area contributed by atoms with Gasteiger partial charge in [0.15, 0.2) is 0 Å². The molecule has 10 heteroatoms. The lowest BCUT2D eigenvalue weighted by molar-refractivity contribution is -0.129. The van der Waals surface area contributed by atoms with Crippen molar-refractivity contribution < 1.29 is 22.4 Å². The fourth-order valence-electron chi connectivity index (χ4n) is 3.62. The van der Waals surface area contributed by atoms with Gasteiger partial charge in [0, 0.05) is 18.7 Å². The predicted molar refractivity (Wildman–Crippen MR) is 153 cm³/mol. The highest BCUT2D eigenvalue weighted by molar-refractivity contribution is 7.89. The number of amides is 2. The molecule has 1 saturated carbocycles. The van der Waals surface area contributed by atoms with Gasteiger partial charge in [0.1, 0.15) is 17.6 Å². The molecule has 39 heavy (non-hydrogen) atoms. The van der Waals surface area contributed by atoms with Crippen LogP contribution in [0.3, 0.4) is 0 Å². The molecule has 0 aliphatic heterocycles. The average molecular weight is 561 g/mol. The van der Waals surface area contributed by atoms with Gasteiger partial charge in [0.2, 0.25) is 15.9 Å². The summed E-state index contributed by atoms with van der Waals surface area (Å²) in [6.07, 6.45) is 3.06. The van der Waals surface area contributed by atoms with Crippen LogP contribution in [0.15, 0.2) is 48.5 Å². The van der Waals surface area contributed by atoms with Crippen molar-refractivity contribution >= 4 is 27.5 Å². The number of halogens is 1. The highest BCUT2D eigenvalue weighted by Crippen LogP contribution is 2.27. The van der Waals surface area contributed by atoms with Gasteiger partial charge in [-0.05, 0) is 60.8 Å². The van der Waals surface area contributed by atoms with Crippen LogP contribution in [0.25, 0.3) is 0 Å². The summed E-state index contributed by atoms with van der Waals surface area (Å²) in [5.74, 6) is -1.09. The van der Waals surface area contributed by atoms with Crippen molar-refractivity contribution in [1.82, 2.24) is 15.4 Å². The van der Waals surface area contributed by atoms with Gasteiger partial charge in [-0.1, -0.05) is 64.1 Å². The molecule has 1 unspecified atom stereocenters. The first-order valence-electron chi connectivity index (χ1n) is 13.2. The number of hydrogen-bond donors (Lipinski definition) is 4. The van der Waals surface area contributed by atoms with Crippen molar-refractivity contribution in [2.45, 2.75) is 59.9 Å².